The van der Waals surface area contributed by atoms with Crippen LogP contribution in [0.5, 0.6) is 5.75 Å². The Balaban J connectivity index is 1.70. The second-order valence-electron chi connectivity index (χ2n) is 5.63. The molecule has 0 aliphatic heterocycles. The predicted octanol–water partition coefficient (Wildman–Crippen LogP) is 0.572. The van der Waals surface area contributed by atoms with E-state index in [9.17, 15) is 14.4 Å². The van der Waals surface area contributed by atoms with E-state index >= 15 is 0 Å². The number of aromatic nitrogens is 3. The van der Waals surface area contributed by atoms with Gasteiger partial charge in [0.05, 0.1) is 19.4 Å². The van der Waals surface area contributed by atoms with Crippen LogP contribution in [0.15, 0.2) is 51.1 Å². The van der Waals surface area contributed by atoms with E-state index in [1.807, 2.05) is 48.3 Å². The van der Waals surface area contributed by atoms with Gasteiger partial charge in [-0.05, 0) is 23.8 Å². The Hall–Kier alpha value is -3.95. The van der Waals surface area contributed by atoms with E-state index in [0.29, 0.717) is 12.4 Å². The van der Waals surface area contributed by atoms with Crippen molar-refractivity contribution in [1.82, 2.24) is 20.6 Å². The van der Waals surface area contributed by atoms with Crippen molar-refractivity contribution >= 4 is 28.7 Å². The highest BCUT2D eigenvalue weighted by molar-refractivity contribution is 6.02. The van der Waals surface area contributed by atoms with E-state index in [1.165, 1.54) is 6.21 Å². The van der Waals surface area contributed by atoms with Crippen LogP contribution in [-0.4, -0.2) is 40.5 Å². The van der Waals surface area contributed by atoms with E-state index < -0.39 is 17.2 Å². The van der Waals surface area contributed by atoms with E-state index in [-0.39, 0.29) is 12.4 Å². The maximum atomic E-state index is 11.9. The lowest BCUT2D eigenvalue weighted by Crippen LogP contribution is -2.31. The molecule has 0 bridgehead atoms. The van der Waals surface area contributed by atoms with Gasteiger partial charge in [-0.3, -0.25) is 14.6 Å². The van der Waals surface area contributed by atoms with Crippen LogP contribution in [0.4, 0.5) is 5.82 Å². The number of amides is 1. The fourth-order valence-electron chi connectivity index (χ4n) is 2.53. The number of carbonyl (C=O) groups is 1. The molecular formula is C18H18N6O4. The molecule has 144 valence electrons. The van der Waals surface area contributed by atoms with Crippen LogP contribution in [0, 0.1) is 0 Å². The van der Waals surface area contributed by atoms with Crippen molar-refractivity contribution in [3.63, 3.8) is 0 Å². The summed E-state index contributed by atoms with van der Waals surface area (Å²) in [5, 5.41) is 14.0. The van der Waals surface area contributed by atoms with Gasteiger partial charge in [-0.1, -0.05) is 30.3 Å². The van der Waals surface area contributed by atoms with Gasteiger partial charge in [-0.25, -0.2) is 15.3 Å². The normalized spacial score (nSPS) is 10.9. The largest absolute Gasteiger partial charge is 0.493 e. The Morgan fingerprint density at radius 3 is 2.86 bits per heavy atom. The Kier molecular flexibility index (Phi) is 5.80. The molecule has 1 heterocycles. The van der Waals surface area contributed by atoms with E-state index in [0.717, 1.165) is 16.3 Å². The highest BCUT2D eigenvalue weighted by Gasteiger charge is 2.08. The molecule has 3 aromatic rings. The maximum absolute atomic E-state index is 11.9. The summed E-state index contributed by atoms with van der Waals surface area (Å²) in [6, 6.07) is 11.6. The lowest BCUT2D eigenvalue weighted by atomic mass is 10.0. The molecule has 0 aliphatic carbocycles. The minimum Gasteiger partial charge on any atom is -0.493 e. The van der Waals surface area contributed by atoms with Crippen molar-refractivity contribution in [2.45, 2.75) is 6.92 Å². The minimum atomic E-state index is -0.732. The van der Waals surface area contributed by atoms with Gasteiger partial charge >= 0.3 is 5.69 Å². The fraction of sp³-hybridized carbons (Fsp3) is 0.167. The highest BCUT2D eigenvalue weighted by Crippen LogP contribution is 2.26. The zero-order chi connectivity index (χ0) is 19.9. The van der Waals surface area contributed by atoms with Crippen molar-refractivity contribution in [3.8, 4) is 5.75 Å². The first-order valence-corrected chi connectivity index (χ1v) is 8.48. The molecular weight excluding hydrogens is 364 g/mol. The molecule has 0 fully saturated rings. The molecule has 1 amide bonds. The number of H-pyrrole nitrogens is 2. The molecule has 0 saturated heterocycles. The molecule has 10 heteroatoms. The van der Waals surface area contributed by atoms with Crippen LogP contribution >= 0.6 is 0 Å². The molecule has 3 rings (SSSR count). The number of fused-ring (bicyclic) bond motifs is 1. The van der Waals surface area contributed by atoms with Crippen molar-refractivity contribution in [2.24, 2.45) is 5.10 Å². The van der Waals surface area contributed by atoms with Gasteiger partial charge in [0.1, 0.15) is 5.75 Å². The highest BCUT2D eigenvalue weighted by atomic mass is 16.5. The third-order valence-corrected chi connectivity index (χ3v) is 3.74. The Labute approximate surface area is 158 Å². The molecule has 10 nitrogen and oxygen atoms in total. The van der Waals surface area contributed by atoms with Crippen molar-refractivity contribution in [2.75, 3.05) is 18.5 Å². The summed E-state index contributed by atoms with van der Waals surface area (Å²) in [6.07, 6.45) is 1.51. The van der Waals surface area contributed by atoms with Crippen LogP contribution in [-0.2, 0) is 4.79 Å². The molecule has 0 saturated carbocycles. The molecule has 0 atom stereocenters. The summed E-state index contributed by atoms with van der Waals surface area (Å²) in [6.45, 7) is 2.12. The second kappa shape index (κ2) is 8.62. The average Bonchev–Trinajstić information content (AvgIpc) is 2.69. The van der Waals surface area contributed by atoms with Gasteiger partial charge in [0.15, 0.2) is 0 Å². The standard InChI is InChI=1S/C18H18N6O4/c1-2-28-14-8-7-11-5-3-4-6-12(11)13(14)9-20-22-15(25)10-19-16-17(26)21-18(27)24-23-16/h3-9H,2,10H2,1H3,(H,19,23)(H,22,25)(H2,21,24,26,27)/b20-9-. The third-order valence-electron chi connectivity index (χ3n) is 3.74. The lowest BCUT2D eigenvalue weighted by molar-refractivity contribution is -0.119. The zero-order valence-electron chi connectivity index (χ0n) is 15.0. The molecule has 28 heavy (non-hydrogen) atoms. The Bertz CT molecular complexity index is 1130. The maximum Gasteiger partial charge on any atom is 0.342 e. The van der Waals surface area contributed by atoms with Crippen LogP contribution < -0.4 is 26.7 Å². The van der Waals surface area contributed by atoms with E-state index in [2.05, 4.69) is 26.0 Å². The molecule has 2 aromatic carbocycles. The lowest BCUT2D eigenvalue weighted by Gasteiger charge is -2.10. The van der Waals surface area contributed by atoms with Gasteiger partial charge < -0.3 is 10.1 Å². The number of aromatic amines is 2. The predicted molar refractivity (Wildman–Crippen MR) is 105 cm³/mol. The minimum absolute atomic E-state index is 0.175. The summed E-state index contributed by atoms with van der Waals surface area (Å²) in [5.41, 5.74) is 1.65. The molecule has 0 radical (unpaired) electrons. The van der Waals surface area contributed by atoms with Gasteiger partial charge in [0, 0.05) is 5.56 Å². The van der Waals surface area contributed by atoms with Crippen molar-refractivity contribution in [1.29, 1.82) is 0 Å². The first-order chi connectivity index (χ1) is 13.6. The average molecular weight is 382 g/mol. The zero-order valence-corrected chi connectivity index (χ0v) is 15.0. The van der Waals surface area contributed by atoms with Crippen molar-refractivity contribution in [3.05, 3.63) is 62.8 Å². The third kappa shape index (κ3) is 4.41. The number of benzene rings is 2. The van der Waals surface area contributed by atoms with E-state index in [4.69, 9.17) is 4.74 Å². The van der Waals surface area contributed by atoms with Crippen LogP contribution in [0.25, 0.3) is 10.8 Å². The SMILES string of the molecule is CCOc1ccc2ccccc2c1/C=N\NC(=O)CNc1n[nH]c(=O)[nH]c1=O. The Morgan fingerprint density at radius 2 is 2.07 bits per heavy atom. The second-order valence-corrected chi connectivity index (χ2v) is 5.63. The molecule has 0 aliphatic rings. The molecule has 0 spiro atoms. The number of hydrogen-bond donors (Lipinski definition) is 4. The number of nitrogens with zero attached hydrogens (tertiary/aromatic N) is 2. The number of carbonyl (C=O) groups excluding carboxylic acids is 1. The molecule has 1 aromatic heterocycles. The summed E-state index contributed by atoms with van der Waals surface area (Å²) in [5.74, 6) is -0.0189. The van der Waals surface area contributed by atoms with Gasteiger partial charge in [-0.15, -0.1) is 5.10 Å². The number of nitrogens with one attached hydrogen (secondary N) is 4. The first kappa shape index (κ1) is 18.8. The number of hydrazone groups is 1. The summed E-state index contributed by atoms with van der Waals surface area (Å²) < 4.78 is 5.64. The van der Waals surface area contributed by atoms with Crippen LogP contribution in [0.1, 0.15) is 12.5 Å². The Morgan fingerprint density at radius 1 is 1.25 bits per heavy atom. The van der Waals surface area contributed by atoms with Crippen LogP contribution in [0.3, 0.4) is 0 Å². The molecule has 4 N–H and O–H groups in total. The van der Waals surface area contributed by atoms with Crippen molar-refractivity contribution < 1.29 is 9.53 Å². The molecule has 0 unspecified atom stereocenters. The van der Waals surface area contributed by atoms with Gasteiger partial charge in [0.25, 0.3) is 11.5 Å². The topological polar surface area (TPSA) is 141 Å². The smallest absolute Gasteiger partial charge is 0.342 e. The number of ether oxygens (including phenoxy) is 1. The summed E-state index contributed by atoms with van der Waals surface area (Å²) >= 11 is 0. The quantitative estimate of drug-likeness (QED) is 0.348. The van der Waals surface area contributed by atoms with Crippen LogP contribution in [0.2, 0.25) is 0 Å². The fourth-order valence-corrected chi connectivity index (χ4v) is 2.53. The number of rotatable bonds is 7. The summed E-state index contributed by atoms with van der Waals surface area (Å²) in [7, 11) is 0. The number of hydrogen-bond acceptors (Lipinski definition) is 7. The summed E-state index contributed by atoms with van der Waals surface area (Å²) in [4.78, 5) is 36.3. The number of anilines is 1. The monoisotopic (exact) mass is 382 g/mol. The van der Waals surface area contributed by atoms with Gasteiger partial charge in [0.2, 0.25) is 5.82 Å². The first-order valence-electron chi connectivity index (χ1n) is 8.48. The van der Waals surface area contributed by atoms with E-state index in [1.54, 1.807) is 0 Å². The van der Waals surface area contributed by atoms with Gasteiger partial charge in [-0.2, -0.15) is 5.10 Å².